The third-order valence-corrected chi connectivity index (χ3v) is 6.45. The SMILES string of the molecule is C=CCN(C)C[C@H]1C[C@@H](c2ccc(CO)cc2)O[C@@H](c2ccc(NC(=O)c3c(F)c(F)c(F)c(F)c3F)cc2)O1. The first-order valence-corrected chi connectivity index (χ1v) is 12.4. The lowest BCUT2D eigenvalue weighted by Gasteiger charge is -2.37. The molecule has 0 bridgehead atoms. The average molecular weight is 563 g/mol. The van der Waals surface area contributed by atoms with Crippen LogP contribution in [-0.2, 0) is 16.1 Å². The Balaban J connectivity index is 1.53. The lowest BCUT2D eigenvalue weighted by molar-refractivity contribution is -0.252. The molecule has 1 fully saturated rings. The van der Waals surface area contributed by atoms with E-state index in [1.54, 1.807) is 18.2 Å². The number of likely N-dealkylation sites (N-methyl/N-ethyl adjacent to an activating group) is 1. The van der Waals surface area contributed by atoms with E-state index in [9.17, 15) is 31.9 Å². The van der Waals surface area contributed by atoms with Crippen molar-refractivity contribution in [2.24, 2.45) is 0 Å². The molecule has 1 aliphatic heterocycles. The van der Waals surface area contributed by atoms with Crippen LogP contribution in [0.3, 0.4) is 0 Å². The smallest absolute Gasteiger partial charge is 0.261 e. The number of carbonyl (C=O) groups is 1. The number of amides is 1. The van der Waals surface area contributed by atoms with Gasteiger partial charge in [0, 0.05) is 30.8 Å². The minimum Gasteiger partial charge on any atom is -0.392 e. The number of nitrogens with one attached hydrogen (secondary N) is 1. The number of ether oxygens (including phenoxy) is 2. The van der Waals surface area contributed by atoms with Gasteiger partial charge in [-0.3, -0.25) is 4.79 Å². The molecule has 0 saturated carbocycles. The van der Waals surface area contributed by atoms with Crippen molar-refractivity contribution in [3.05, 3.63) is 113 Å². The number of nitrogens with zero attached hydrogens (tertiary/aromatic N) is 1. The highest BCUT2D eigenvalue weighted by Crippen LogP contribution is 2.38. The lowest BCUT2D eigenvalue weighted by Crippen LogP contribution is -2.37. The summed E-state index contributed by atoms with van der Waals surface area (Å²) in [5, 5.41) is 11.5. The van der Waals surface area contributed by atoms with Crippen molar-refractivity contribution in [1.82, 2.24) is 4.90 Å². The quantitative estimate of drug-likeness (QED) is 0.150. The molecule has 1 amide bonds. The van der Waals surface area contributed by atoms with E-state index in [0.717, 1.165) is 11.1 Å². The number of carbonyl (C=O) groups excluding carboxylic acids is 1. The van der Waals surface area contributed by atoms with Gasteiger partial charge in [-0.2, -0.15) is 0 Å². The summed E-state index contributed by atoms with van der Waals surface area (Å²) in [6, 6.07) is 13.3. The Kier molecular flexibility index (Phi) is 9.31. The predicted octanol–water partition coefficient (Wildman–Crippen LogP) is 5.79. The van der Waals surface area contributed by atoms with E-state index in [0.29, 0.717) is 25.1 Å². The zero-order valence-corrected chi connectivity index (χ0v) is 21.5. The first-order chi connectivity index (χ1) is 19.1. The van der Waals surface area contributed by atoms with Crippen LogP contribution in [0.1, 0.15) is 45.9 Å². The summed E-state index contributed by atoms with van der Waals surface area (Å²) < 4.78 is 80.8. The van der Waals surface area contributed by atoms with E-state index in [1.807, 2.05) is 36.2 Å². The zero-order valence-electron chi connectivity index (χ0n) is 21.5. The molecule has 0 aliphatic carbocycles. The number of anilines is 1. The summed E-state index contributed by atoms with van der Waals surface area (Å²) in [6.07, 6.45) is 0.980. The number of halogens is 5. The topological polar surface area (TPSA) is 71.0 Å². The van der Waals surface area contributed by atoms with E-state index in [4.69, 9.17) is 9.47 Å². The molecular formula is C29H27F5N2O4. The minimum absolute atomic E-state index is 0.0481. The molecule has 3 atom stereocenters. The maximum Gasteiger partial charge on any atom is 0.261 e. The molecule has 2 N–H and O–H groups in total. The Bertz CT molecular complexity index is 1340. The first kappa shape index (κ1) is 29.3. The van der Waals surface area contributed by atoms with Crippen LogP contribution in [0.4, 0.5) is 27.6 Å². The van der Waals surface area contributed by atoms with Gasteiger partial charge in [0.1, 0.15) is 5.56 Å². The minimum atomic E-state index is -2.35. The van der Waals surface area contributed by atoms with Crippen LogP contribution in [0.15, 0.2) is 61.2 Å². The molecule has 0 aromatic heterocycles. The van der Waals surface area contributed by atoms with E-state index in [-0.39, 0.29) is 24.5 Å². The van der Waals surface area contributed by atoms with Gasteiger partial charge in [-0.25, -0.2) is 22.0 Å². The van der Waals surface area contributed by atoms with Gasteiger partial charge in [-0.05, 0) is 30.3 Å². The van der Waals surface area contributed by atoms with Gasteiger partial charge in [-0.15, -0.1) is 6.58 Å². The van der Waals surface area contributed by atoms with Crippen LogP contribution in [0, 0.1) is 29.1 Å². The highest BCUT2D eigenvalue weighted by molar-refractivity contribution is 6.04. The normalized spacial score (nSPS) is 19.1. The molecule has 1 aliphatic rings. The monoisotopic (exact) mass is 562 g/mol. The molecule has 11 heteroatoms. The largest absolute Gasteiger partial charge is 0.392 e. The molecular weight excluding hydrogens is 535 g/mol. The van der Waals surface area contributed by atoms with Gasteiger partial charge in [0.2, 0.25) is 5.82 Å². The Morgan fingerprint density at radius 2 is 1.52 bits per heavy atom. The van der Waals surface area contributed by atoms with Crippen LogP contribution in [0.2, 0.25) is 0 Å². The summed E-state index contributed by atoms with van der Waals surface area (Å²) in [4.78, 5) is 14.4. The van der Waals surface area contributed by atoms with Gasteiger partial charge in [0.15, 0.2) is 29.6 Å². The van der Waals surface area contributed by atoms with E-state index >= 15 is 0 Å². The Labute approximate surface area is 227 Å². The van der Waals surface area contributed by atoms with Crippen molar-refractivity contribution in [2.45, 2.75) is 31.5 Å². The molecule has 1 saturated heterocycles. The summed E-state index contributed by atoms with van der Waals surface area (Å²) >= 11 is 0. The molecule has 212 valence electrons. The Morgan fingerprint density at radius 1 is 0.950 bits per heavy atom. The standard InChI is InChI=1S/C29H27F5N2O4/c1-3-12-36(2)14-20-13-21(17-6-4-16(15-37)5-7-17)40-29(39-20)18-8-10-19(11-9-18)35-28(38)22-23(30)25(32)27(34)26(33)24(22)31/h3-11,20-21,29,37H,1,12-15H2,2H3,(H,35,38)/t20-,21+,29+/m1/s1. The second-order valence-corrected chi connectivity index (χ2v) is 9.38. The molecule has 0 radical (unpaired) electrons. The van der Waals surface area contributed by atoms with E-state index < -0.39 is 46.8 Å². The van der Waals surface area contributed by atoms with Crippen molar-refractivity contribution in [3.8, 4) is 0 Å². The van der Waals surface area contributed by atoms with Crippen molar-refractivity contribution >= 4 is 11.6 Å². The fraction of sp³-hybridized carbons (Fsp3) is 0.276. The van der Waals surface area contributed by atoms with Crippen molar-refractivity contribution in [2.75, 3.05) is 25.5 Å². The maximum atomic E-state index is 14.0. The zero-order chi connectivity index (χ0) is 29.0. The van der Waals surface area contributed by atoms with Crippen molar-refractivity contribution < 1.29 is 41.3 Å². The molecule has 6 nitrogen and oxygen atoms in total. The third-order valence-electron chi connectivity index (χ3n) is 6.45. The van der Waals surface area contributed by atoms with Crippen LogP contribution in [0.5, 0.6) is 0 Å². The van der Waals surface area contributed by atoms with Gasteiger partial charge >= 0.3 is 0 Å². The maximum absolute atomic E-state index is 14.0. The van der Waals surface area contributed by atoms with E-state index in [2.05, 4.69) is 11.9 Å². The second kappa shape index (κ2) is 12.7. The molecule has 4 rings (SSSR count). The average Bonchev–Trinajstić information content (AvgIpc) is 2.95. The number of benzene rings is 3. The molecule has 0 unspecified atom stereocenters. The number of hydrogen-bond donors (Lipinski definition) is 2. The van der Waals surface area contributed by atoms with Crippen molar-refractivity contribution in [1.29, 1.82) is 0 Å². The molecule has 3 aromatic rings. The van der Waals surface area contributed by atoms with Gasteiger partial charge in [0.05, 0.1) is 18.8 Å². The van der Waals surface area contributed by atoms with Crippen LogP contribution < -0.4 is 5.32 Å². The molecule has 1 heterocycles. The predicted molar refractivity (Wildman–Crippen MR) is 137 cm³/mol. The van der Waals surface area contributed by atoms with Crippen molar-refractivity contribution in [3.63, 3.8) is 0 Å². The summed E-state index contributed by atoms with van der Waals surface area (Å²) in [7, 11) is 1.93. The van der Waals surface area contributed by atoms with Crippen LogP contribution >= 0.6 is 0 Å². The fourth-order valence-electron chi connectivity index (χ4n) is 4.40. The van der Waals surface area contributed by atoms with E-state index in [1.165, 1.54) is 12.1 Å². The summed E-state index contributed by atoms with van der Waals surface area (Å²) in [5.74, 6) is -12.7. The number of aliphatic hydroxyl groups excluding tert-OH is 1. The van der Waals surface area contributed by atoms with Gasteiger partial charge in [0.25, 0.3) is 5.91 Å². The van der Waals surface area contributed by atoms with Gasteiger partial charge in [-0.1, -0.05) is 42.5 Å². The van der Waals surface area contributed by atoms with Crippen LogP contribution in [-0.4, -0.2) is 42.2 Å². The summed E-state index contributed by atoms with van der Waals surface area (Å²) in [5.41, 5.74) is 0.696. The first-order valence-electron chi connectivity index (χ1n) is 12.4. The van der Waals surface area contributed by atoms with Crippen LogP contribution in [0.25, 0.3) is 0 Å². The summed E-state index contributed by atoms with van der Waals surface area (Å²) in [6.45, 7) is 4.91. The molecule has 40 heavy (non-hydrogen) atoms. The Hall–Kier alpha value is -3.64. The highest BCUT2D eigenvalue weighted by atomic mass is 19.2. The highest BCUT2D eigenvalue weighted by Gasteiger charge is 2.33. The number of rotatable bonds is 9. The van der Waals surface area contributed by atoms with Gasteiger partial charge < -0.3 is 24.8 Å². The lowest BCUT2D eigenvalue weighted by atomic mass is 9.99. The number of aliphatic hydroxyl groups is 1. The third kappa shape index (κ3) is 6.39. The second-order valence-electron chi connectivity index (χ2n) is 9.38. The Morgan fingerprint density at radius 3 is 2.10 bits per heavy atom. The fourth-order valence-corrected chi connectivity index (χ4v) is 4.40. The number of hydrogen-bond acceptors (Lipinski definition) is 5. The molecule has 0 spiro atoms. The molecule has 3 aromatic carbocycles.